The molecule has 4 atom stereocenters. The lowest BCUT2D eigenvalue weighted by atomic mass is 9.91. The molecule has 0 aliphatic carbocycles. The molecular weight excluding hydrogens is 496 g/mol. The number of hydrogen-bond acceptors (Lipinski definition) is 8. The van der Waals surface area contributed by atoms with E-state index in [2.05, 4.69) is 30.7 Å². The highest BCUT2D eigenvalue weighted by molar-refractivity contribution is 7.94. The van der Waals surface area contributed by atoms with E-state index < -0.39 is 0 Å². The van der Waals surface area contributed by atoms with E-state index in [4.69, 9.17) is 26.2 Å². The summed E-state index contributed by atoms with van der Waals surface area (Å²) in [6, 6.07) is 7.71. The third-order valence-corrected chi connectivity index (χ3v) is 7.73. The van der Waals surface area contributed by atoms with Gasteiger partial charge in [0.25, 0.3) is 0 Å². The molecule has 1 aromatic carbocycles. The summed E-state index contributed by atoms with van der Waals surface area (Å²) in [4.78, 5) is 25.3. The normalized spacial score (nSPS) is 21.6. The topological polar surface area (TPSA) is 80.4 Å². The first-order chi connectivity index (χ1) is 17.1. The zero-order chi connectivity index (χ0) is 26.6. The van der Waals surface area contributed by atoms with Gasteiger partial charge >= 0.3 is 0 Å². The second kappa shape index (κ2) is 12.4. The first kappa shape index (κ1) is 28.5. The van der Waals surface area contributed by atoms with Crippen molar-refractivity contribution in [1.82, 2.24) is 19.1 Å². The van der Waals surface area contributed by atoms with Gasteiger partial charge < -0.3 is 9.30 Å². The SMILES string of the molecule is CC[C@H]1O[C@@H](n2c(SOOC)nc3c(=S)n(C)cnc32)[C@H](C)[C@@H]1C.Cc1ccc(C(=O)C(C)C)cc1. The van der Waals surface area contributed by atoms with Crippen LogP contribution in [-0.2, 0) is 21.0 Å². The summed E-state index contributed by atoms with van der Waals surface area (Å²) in [5, 5.41) is 0.623. The lowest BCUT2D eigenvalue weighted by Gasteiger charge is -2.20. The fourth-order valence-corrected chi connectivity index (χ4v) is 4.94. The Hall–Kier alpha value is -2.11. The van der Waals surface area contributed by atoms with Crippen molar-refractivity contribution in [2.24, 2.45) is 24.8 Å². The lowest BCUT2D eigenvalue weighted by molar-refractivity contribution is -0.160. The number of hydrogen-bond donors (Lipinski definition) is 0. The predicted molar refractivity (Wildman–Crippen MR) is 144 cm³/mol. The van der Waals surface area contributed by atoms with Gasteiger partial charge in [-0.3, -0.25) is 9.36 Å². The quantitative estimate of drug-likeness (QED) is 0.112. The van der Waals surface area contributed by atoms with Gasteiger partial charge in [0.1, 0.15) is 28.4 Å². The van der Waals surface area contributed by atoms with Crippen LogP contribution in [0.1, 0.15) is 63.2 Å². The van der Waals surface area contributed by atoms with Gasteiger partial charge in [0, 0.05) is 24.4 Å². The molecule has 0 N–H and O–H groups in total. The number of fused-ring (bicyclic) bond motifs is 1. The van der Waals surface area contributed by atoms with E-state index in [1.165, 1.54) is 12.7 Å². The number of aryl methyl sites for hydroxylation is 2. The molecule has 0 saturated carbocycles. The van der Waals surface area contributed by atoms with Gasteiger partial charge in [0.2, 0.25) is 5.16 Å². The smallest absolute Gasteiger partial charge is 0.203 e. The Morgan fingerprint density at radius 3 is 2.44 bits per heavy atom. The number of ether oxygens (including phenoxy) is 1. The molecule has 8 nitrogen and oxygen atoms in total. The number of carbonyl (C=O) groups is 1. The second-order valence-corrected chi connectivity index (χ2v) is 10.5. The van der Waals surface area contributed by atoms with Crippen molar-refractivity contribution < 1.29 is 18.8 Å². The molecule has 1 aliphatic heterocycles. The van der Waals surface area contributed by atoms with Crippen molar-refractivity contribution in [2.45, 2.75) is 65.5 Å². The number of ketones is 1. The van der Waals surface area contributed by atoms with Crippen LogP contribution in [0.4, 0.5) is 0 Å². The van der Waals surface area contributed by atoms with Crippen LogP contribution >= 0.6 is 24.3 Å². The van der Waals surface area contributed by atoms with E-state index in [1.807, 2.05) is 56.7 Å². The lowest BCUT2D eigenvalue weighted by Crippen LogP contribution is -2.17. The van der Waals surface area contributed by atoms with Crippen LogP contribution in [0, 0.1) is 29.3 Å². The predicted octanol–water partition coefficient (Wildman–Crippen LogP) is 6.50. The average molecular weight is 533 g/mol. The number of carbonyl (C=O) groups excluding carboxylic acids is 1. The molecule has 4 rings (SSSR count). The summed E-state index contributed by atoms with van der Waals surface area (Å²) < 4.78 is 15.7. The highest BCUT2D eigenvalue weighted by Gasteiger charge is 2.41. The van der Waals surface area contributed by atoms with Crippen molar-refractivity contribution in [3.05, 3.63) is 46.4 Å². The van der Waals surface area contributed by atoms with E-state index in [-0.39, 0.29) is 24.0 Å². The van der Waals surface area contributed by atoms with Gasteiger partial charge in [-0.2, -0.15) is 4.33 Å². The standard InChI is InChI=1S/C15H22N4O3S2.C11H14O/c1-6-10-8(2)9(3)13(21-10)19-12-11(14(23)18(4)7-16-12)17-15(19)24-22-20-5;1-8(2)11(12)10-6-4-9(3)5-7-10/h7-10,13H,6H2,1-5H3;4-8H,1-3H3/t8-,9+,10+,13+;/m0./s1. The summed E-state index contributed by atoms with van der Waals surface area (Å²) in [6.07, 6.45) is 2.73. The fraction of sp³-hybridized carbons (Fsp3) is 0.538. The van der Waals surface area contributed by atoms with Crippen LogP contribution in [-0.4, -0.2) is 38.1 Å². The number of nitrogens with zero attached hydrogens (tertiary/aromatic N) is 4. The van der Waals surface area contributed by atoms with Gasteiger partial charge in [-0.1, -0.05) is 76.7 Å². The average Bonchev–Trinajstić information content (AvgIpc) is 3.37. The maximum absolute atomic E-state index is 11.5. The van der Waals surface area contributed by atoms with Gasteiger partial charge in [0.05, 0.1) is 19.5 Å². The van der Waals surface area contributed by atoms with Crippen molar-refractivity contribution in [3.63, 3.8) is 0 Å². The second-order valence-electron chi connectivity index (χ2n) is 9.49. The van der Waals surface area contributed by atoms with Crippen LogP contribution in [0.15, 0.2) is 35.7 Å². The molecule has 0 unspecified atom stereocenters. The zero-order valence-corrected chi connectivity index (χ0v) is 23.9. The van der Waals surface area contributed by atoms with Crippen LogP contribution in [0.5, 0.6) is 0 Å². The highest BCUT2D eigenvalue weighted by Crippen LogP contribution is 2.43. The minimum absolute atomic E-state index is 0.0905. The zero-order valence-electron chi connectivity index (χ0n) is 22.2. The summed E-state index contributed by atoms with van der Waals surface area (Å²) >= 11 is 6.52. The molecule has 1 fully saturated rings. The van der Waals surface area contributed by atoms with Gasteiger partial charge in [-0.25, -0.2) is 14.9 Å². The molecule has 0 amide bonds. The number of rotatable bonds is 7. The minimum atomic E-state index is -0.160. The van der Waals surface area contributed by atoms with Gasteiger partial charge in [0.15, 0.2) is 11.4 Å². The monoisotopic (exact) mass is 532 g/mol. The molecule has 36 heavy (non-hydrogen) atoms. The molecule has 0 bridgehead atoms. The van der Waals surface area contributed by atoms with E-state index in [0.717, 1.165) is 24.0 Å². The van der Waals surface area contributed by atoms with Crippen molar-refractivity contribution in [2.75, 3.05) is 7.11 Å². The van der Waals surface area contributed by atoms with Crippen molar-refractivity contribution >= 4 is 41.2 Å². The van der Waals surface area contributed by atoms with Crippen molar-refractivity contribution in [1.29, 1.82) is 0 Å². The third-order valence-electron chi connectivity index (χ3n) is 6.60. The Labute approximate surface area is 222 Å². The number of aromatic nitrogens is 4. The maximum atomic E-state index is 11.5. The highest BCUT2D eigenvalue weighted by atomic mass is 32.2. The Balaban J connectivity index is 0.000000253. The van der Waals surface area contributed by atoms with Crippen LogP contribution in [0.2, 0.25) is 0 Å². The molecule has 0 radical (unpaired) electrons. The first-order valence-electron chi connectivity index (χ1n) is 12.2. The Morgan fingerprint density at radius 2 is 1.89 bits per heavy atom. The van der Waals surface area contributed by atoms with E-state index in [9.17, 15) is 4.79 Å². The van der Waals surface area contributed by atoms with E-state index in [0.29, 0.717) is 32.8 Å². The molecule has 2 aromatic heterocycles. The van der Waals surface area contributed by atoms with E-state index >= 15 is 0 Å². The van der Waals surface area contributed by atoms with E-state index in [1.54, 1.807) is 10.9 Å². The summed E-state index contributed by atoms with van der Waals surface area (Å²) in [5.74, 6) is 1.07. The minimum Gasteiger partial charge on any atom is -0.354 e. The summed E-state index contributed by atoms with van der Waals surface area (Å²) in [5.41, 5.74) is 3.38. The number of benzene rings is 1. The van der Waals surface area contributed by atoms with Crippen LogP contribution in [0.25, 0.3) is 11.2 Å². The fourth-order valence-electron chi connectivity index (χ4n) is 4.22. The summed E-state index contributed by atoms with van der Waals surface area (Å²) in [6.45, 7) is 12.4. The molecule has 1 saturated heterocycles. The Bertz CT molecular complexity index is 1240. The maximum Gasteiger partial charge on any atom is 0.203 e. The van der Waals surface area contributed by atoms with Crippen molar-refractivity contribution in [3.8, 4) is 0 Å². The molecule has 196 valence electrons. The third kappa shape index (κ3) is 6.06. The molecule has 10 heteroatoms. The number of Topliss-reactive ketones (excluding diaryl/α,β-unsaturated/α-hetero) is 1. The molecular formula is C26H36N4O4S2. The molecule has 3 aromatic rings. The summed E-state index contributed by atoms with van der Waals surface area (Å²) in [7, 11) is 3.32. The van der Waals surface area contributed by atoms with Gasteiger partial charge in [-0.05, 0) is 19.3 Å². The van der Waals surface area contributed by atoms with Gasteiger partial charge in [-0.15, -0.1) is 0 Å². The molecule has 1 aliphatic rings. The Kier molecular flexibility index (Phi) is 9.82. The largest absolute Gasteiger partial charge is 0.354 e. The number of imidazole rings is 1. The molecule has 0 spiro atoms. The Morgan fingerprint density at radius 1 is 1.22 bits per heavy atom. The van der Waals surface area contributed by atoms with Crippen LogP contribution < -0.4 is 0 Å². The van der Waals surface area contributed by atoms with Crippen LogP contribution in [0.3, 0.4) is 0 Å². The first-order valence-corrected chi connectivity index (χ1v) is 13.3. The molecule has 3 heterocycles.